The Morgan fingerprint density at radius 1 is 1.41 bits per heavy atom. The number of aromatic nitrogens is 1. The molecule has 1 aliphatic heterocycles. The van der Waals surface area contributed by atoms with E-state index < -0.39 is 0 Å². The van der Waals surface area contributed by atoms with Crippen molar-refractivity contribution in [1.29, 1.82) is 0 Å². The van der Waals surface area contributed by atoms with Crippen LogP contribution < -0.4 is 5.32 Å². The van der Waals surface area contributed by atoms with Gasteiger partial charge in [0.05, 0.1) is 10.6 Å². The number of carbonyl (C=O) groups excluding carboxylic acids is 1. The fourth-order valence-corrected chi connectivity index (χ4v) is 3.45. The van der Waals surface area contributed by atoms with Crippen LogP contribution in [0, 0.1) is 5.92 Å². The first-order valence-electron chi connectivity index (χ1n) is 8.40. The molecule has 1 aromatic rings. The summed E-state index contributed by atoms with van der Waals surface area (Å²) in [6, 6.07) is 2.25. The smallest absolute Gasteiger partial charge is 0.255 e. The van der Waals surface area contributed by atoms with E-state index in [0.717, 1.165) is 31.8 Å². The van der Waals surface area contributed by atoms with Gasteiger partial charge in [0.2, 0.25) is 0 Å². The molecule has 120 valence electrons. The number of carbonyl (C=O) groups is 1. The Bertz CT molecular complexity index is 543. The Balaban J connectivity index is 1.63. The van der Waals surface area contributed by atoms with Gasteiger partial charge < -0.3 is 10.2 Å². The second-order valence-corrected chi connectivity index (χ2v) is 6.85. The van der Waals surface area contributed by atoms with Crippen molar-refractivity contribution in [3.8, 4) is 0 Å². The Kier molecular flexibility index (Phi) is 4.87. The number of anilines is 1. The van der Waals surface area contributed by atoms with Crippen LogP contribution in [0.4, 0.5) is 5.82 Å². The molecule has 2 heterocycles. The van der Waals surface area contributed by atoms with Crippen molar-refractivity contribution in [2.45, 2.75) is 51.5 Å². The van der Waals surface area contributed by atoms with E-state index in [9.17, 15) is 4.79 Å². The lowest BCUT2D eigenvalue weighted by Gasteiger charge is -2.26. The van der Waals surface area contributed by atoms with Crippen molar-refractivity contribution in [3.63, 3.8) is 0 Å². The third kappa shape index (κ3) is 3.54. The highest BCUT2D eigenvalue weighted by Gasteiger charge is 2.36. The van der Waals surface area contributed by atoms with Gasteiger partial charge in [0.25, 0.3) is 5.91 Å². The number of hydrogen-bond donors (Lipinski definition) is 1. The van der Waals surface area contributed by atoms with Crippen LogP contribution in [0.15, 0.2) is 12.3 Å². The molecular formula is C17H24ClN3O. The van der Waals surface area contributed by atoms with Gasteiger partial charge in [-0.3, -0.25) is 4.79 Å². The first-order chi connectivity index (χ1) is 10.7. The highest BCUT2D eigenvalue weighted by molar-refractivity contribution is 6.33. The van der Waals surface area contributed by atoms with E-state index in [1.165, 1.54) is 25.7 Å². The summed E-state index contributed by atoms with van der Waals surface area (Å²) >= 11 is 6.31. The molecule has 1 saturated carbocycles. The molecule has 22 heavy (non-hydrogen) atoms. The van der Waals surface area contributed by atoms with Crippen LogP contribution in [0.1, 0.15) is 55.8 Å². The van der Waals surface area contributed by atoms with E-state index in [1.807, 2.05) is 4.90 Å². The van der Waals surface area contributed by atoms with Gasteiger partial charge in [-0.1, -0.05) is 24.9 Å². The van der Waals surface area contributed by atoms with Crippen molar-refractivity contribution in [1.82, 2.24) is 9.88 Å². The molecule has 1 N–H and O–H groups in total. The van der Waals surface area contributed by atoms with E-state index >= 15 is 0 Å². The standard InChI is InChI=1S/C17H24ClN3O/c1-2-6-12-10-15(12)20-16-14(18)9-13(11-19-16)17(22)21-7-4-3-5-8-21/h9,11-12,15H,2-8,10H2,1H3,(H,19,20). The Morgan fingerprint density at radius 3 is 2.86 bits per heavy atom. The molecule has 1 saturated heterocycles. The molecule has 1 amide bonds. The molecule has 0 bridgehead atoms. The second-order valence-electron chi connectivity index (χ2n) is 6.44. The van der Waals surface area contributed by atoms with E-state index in [4.69, 9.17) is 11.6 Å². The minimum absolute atomic E-state index is 0.0518. The average molecular weight is 322 g/mol. The van der Waals surface area contributed by atoms with Crippen molar-refractivity contribution in [3.05, 3.63) is 22.8 Å². The number of nitrogens with zero attached hydrogens (tertiary/aromatic N) is 2. The zero-order chi connectivity index (χ0) is 15.5. The number of likely N-dealkylation sites (tertiary alicyclic amines) is 1. The number of piperidine rings is 1. The second kappa shape index (κ2) is 6.86. The van der Waals surface area contributed by atoms with Gasteiger partial charge in [0.1, 0.15) is 5.82 Å². The van der Waals surface area contributed by atoms with Gasteiger partial charge >= 0.3 is 0 Å². The maximum Gasteiger partial charge on any atom is 0.255 e. The van der Waals surface area contributed by atoms with Gasteiger partial charge in [0.15, 0.2) is 0 Å². The quantitative estimate of drug-likeness (QED) is 0.892. The molecule has 0 spiro atoms. The van der Waals surface area contributed by atoms with Gasteiger partial charge in [-0.05, 0) is 44.1 Å². The van der Waals surface area contributed by atoms with Gasteiger partial charge in [-0.25, -0.2) is 4.98 Å². The van der Waals surface area contributed by atoms with Gasteiger partial charge in [0, 0.05) is 25.3 Å². The number of rotatable bonds is 5. The molecule has 0 radical (unpaired) electrons. The minimum Gasteiger partial charge on any atom is -0.366 e. The molecule has 4 nitrogen and oxygen atoms in total. The van der Waals surface area contributed by atoms with Crippen LogP contribution in [0.25, 0.3) is 0 Å². The van der Waals surface area contributed by atoms with Gasteiger partial charge in [-0.2, -0.15) is 0 Å². The number of amides is 1. The van der Waals surface area contributed by atoms with E-state index in [0.29, 0.717) is 22.4 Å². The topological polar surface area (TPSA) is 45.2 Å². The summed E-state index contributed by atoms with van der Waals surface area (Å²) < 4.78 is 0. The lowest BCUT2D eigenvalue weighted by molar-refractivity contribution is 0.0724. The van der Waals surface area contributed by atoms with Crippen LogP contribution in [0.5, 0.6) is 0 Å². The molecule has 2 unspecified atom stereocenters. The van der Waals surface area contributed by atoms with E-state index in [1.54, 1.807) is 12.3 Å². The van der Waals surface area contributed by atoms with Crippen molar-refractivity contribution in [2.75, 3.05) is 18.4 Å². The summed E-state index contributed by atoms with van der Waals surface area (Å²) in [5.74, 6) is 1.51. The molecule has 5 heteroatoms. The van der Waals surface area contributed by atoms with Gasteiger partial charge in [-0.15, -0.1) is 0 Å². The number of nitrogens with one attached hydrogen (secondary N) is 1. The summed E-state index contributed by atoms with van der Waals surface area (Å²) in [4.78, 5) is 18.7. The minimum atomic E-state index is 0.0518. The summed E-state index contributed by atoms with van der Waals surface area (Å²) in [5, 5.41) is 3.94. The third-order valence-electron chi connectivity index (χ3n) is 4.64. The summed E-state index contributed by atoms with van der Waals surface area (Å²) in [6.45, 7) is 3.90. The summed E-state index contributed by atoms with van der Waals surface area (Å²) in [6.07, 6.45) is 8.71. The van der Waals surface area contributed by atoms with Crippen molar-refractivity contribution >= 4 is 23.3 Å². The van der Waals surface area contributed by atoms with Crippen LogP contribution >= 0.6 is 11.6 Å². The normalized spacial score (nSPS) is 24.2. The lowest BCUT2D eigenvalue weighted by Crippen LogP contribution is -2.35. The third-order valence-corrected chi connectivity index (χ3v) is 4.92. The van der Waals surface area contributed by atoms with Crippen molar-refractivity contribution < 1.29 is 4.79 Å². The van der Waals surface area contributed by atoms with Crippen LogP contribution in [0.2, 0.25) is 5.02 Å². The molecule has 2 fully saturated rings. The van der Waals surface area contributed by atoms with Crippen molar-refractivity contribution in [2.24, 2.45) is 5.92 Å². The summed E-state index contributed by atoms with van der Waals surface area (Å²) in [5.41, 5.74) is 0.596. The average Bonchev–Trinajstić information content (AvgIpc) is 3.27. The Morgan fingerprint density at radius 2 is 2.18 bits per heavy atom. The highest BCUT2D eigenvalue weighted by Crippen LogP contribution is 2.38. The highest BCUT2D eigenvalue weighted by atomic mass is 35.5. The fraction of sp³-hybridized carbons (Fsp3) is 0.647. The summed E-state index contributed by atoms with van der Waals surface area (Å²) in [7, 11) is 0. The molecule has 3 rings (SSSR count). The Hall–Kier alpha value is -1.29. The predicted octanol–water partition coefficient (Wildman–Crippen LogP) is 3.96. The van der Waals surface area contributed by atoms with E-state index in [-0.39, 0.29) is 5.91 Å². The number of halogens is 1. The molecular weight excluding hydrogens is 298 g/mol. The number of hydrogen-bond acceptors (Lipinski definition) is 3. The molecule has 1 aromatic heterocycles. The first kappa shape index (κ1) is 15.6. The monoisotopic (exact) mass is 321 g/mol. The maximum absolute atomic E-state index is 12.4. The SMILES string of the molecule is CCCC1CC1Nc1ncc(C(=O)N2CCCCC2)cc1Cl. The zero-order valence-corrected chi connectivity index (χ0v) is 13.9. The molecule has 2 atom stereocenters. The van der Waals surface area contributed by atoms with Crippen LogP contribution in [0.3, 0.4) is 0 Å². The number of pyridine rings is 1. The largest absolute Gasteiger partial charge is 0.366 e. The maximum atomic E-state index is 12.4. The molecule has 2 aliphatic rings. The fourth-order valence-electron chi connectivity index (χ4n) is 3.23. The lowest BCUT2D eigenvalue weighted by atomic mass is 10.1. The van der Waals surface area contributed by atoms with Crippen LogP contribution in [-0.4, -0.2) is 34.9 Å². The molecule has 0 aromatic carbocycles. The zero-order valence-electron chi connectivity index (χ0n) is 13.1. The van der Waals surface area contributed by atoms with Crippen LogP contribution in [-0.2, 0) is 0 Å². The van der Waals surface area contributed by atoms with E-state index in [2.05, 4.69) is 17.2 Å². The first-order valence-corrected chi connectivity index (χ1v) is 8.78. The predicted molar refractivity (Wildman–Crippen MR) is 89.4 cm³/mol. The molecule has 1 aliphatic carbocycles. The Labute approximate surface area is 137 Å².